The molecule has 2 aliphatic rings. The van der Waals surface area contributed by atoms with E-state index in [0.29, 0.717) is 23.7 Å². The maximum Gasteiger partial charge on any atom is 0.276 e. The lowest BCUT2D eigenvalue weighted by atomic mass is 9.99. The fraction of sp³-hybridized carbons (Fsp3) is 0.824. The maximum atomic E-state index is 13.0. The van der Waals surface area contributed by atoms with Crippen LogP contribution in [-0.4, -0.2) is 51.0 Å². The largest absolute Gasteiger partial charge is 0.331 e. The third-order valence-corrected chi connectivity index (χ3v) is 5.49. The molecular formula is C17H29N5O. The van der Waals surface area contributed by atoms with Crippen molar-refractivity contribution in [3.8, 4) is 0 Å². The summed E-state index contributed by atoms with van der Waals surface area (Å²) in [5.74, 6) is 0.555. The normalized spacial score (nSPS) is 21.9. The van der Waals surface area contributed by atoms with E-state index < -0.39 is 0 Å². The molecule has 128 valence electrons. The standard InChI is InChI=1S/C17H29N5O/c1-4-12(2)13(3)22(15-5-6-15)17(23)16-11-21(20-19-16)14-7-9-18-10-8-14/h11-15,18H,4-10H2,1-3H3. The maximum absolute atomic E-state index is 13.0. The van der Waals surface area contributed by atoms with Crippen molar-refractivity contribution in [1.82, 2.24) is 25.2 Å². The molecule has 1 amide bonds. The summed E-state index contributed by atoms with van der Waals surface area (Å²) >= 11 is 0. The van der Waals surface area contributed by atoms with Crippen molar-refractivity contribution < 1.29 is 4.79 Å². The number of rotatable bonds is 6. The fourth-order valence-electron chi connectivity index (χ4n) is 3.41. The van der Waals surface area contributed by atoms with Gasteiger partial charge in [0.2, 0.25) is 0 Å². The number of nitrogens with one attached hydrogen (secondary N) is 1. The van der Waals surface area contributed by atoms with Gasteiger partial charge >= 0.3 is 0 Å². The first kappa shape index (κ1) is 16.4. The van der Waals surface area contributed by atoms with Gasteiger partial charge in [0.05, 0.1) is 12.2 Å². The molecule has 0 aromatic carbocycles. The fourth-order valence-corrected chi connectivity index (χ4v) is 3.41. The van der Waals surface area contributed by atoms with Gasteiger partial charge in [-0.25, -0.2) is 4.68 Å². The monoisotopic (exact) mass is 319 g/mol. The van der Waals surface area contributed by atoms with E-state index in [0.717, 1.165) is 45.2 Å². The van der Waals surface area contributed by atoms with E-state index >= 15 is 0 Å². The van der Waals surface area contributed by atoms with Crippen molar-refractivity contribution >= 4 is 5.91 Å². The summed E-state index contributed by atoms with van der Waals surface area (Å²) in [7, 11) is 0. The van der Waals surface area contributed by atoms with E-state index in [2.05, 4.69) is 41.3 Å². The van der Waals surface area contributed by atoms with Crippen molar-refractivity contribution in [2.24, 2.45) is 5.92 Å². The quantitative estimate of drug-likeness (QED) is 0.873. The van der Waals surface area contributed by atoms with Crippen LogP contribution < -0.4 is 5.32 Å². The smallest absolute Gasteiger partial charge is 0.276 e. The molecule has 1 aromatic heterocycles. The molecular weight excluding hydrogens is 290 g/mol. The van der Waals surface area contributed by atoms with Crippen LogP contribution in [0.5, 0.6) is 0 Å². The first-order valence-electron chi connectivity index (χ1n) is 9.07. The Labute approximate surface area is 138 Å². The Kier molecular flexibility index (Phi) is 4.99. The van der Waals surface area contributed by atoms with Crippen molar-refractivity contribution in [2.45, 2.75) is 71.0 Å². The summed E-state index contributed by atoms with van der Waals surface area (Å²) in [6.45, 7) is 8.59. The molecule has 0 spiro atoms. The molecule has 1 aromatic rings. The van der Waals surface area contributed by atoms with E-state index in [1.807, 2.05) is 10.9 Å². The third kappa shape index (κ3) is 3.57. The molecule has 1 saturated carbocycles. The molecule has 1 aliphatic heterocycles. The van der Waals surface area contributed by atoms with Gasteiger partial charge in [0.1, 0.15) is 0 Å². The Morgan fingerprint density at radius 3 is 2.65 bits per heavy atom. The van der Waals surface area contributed by atoms with E-state index in [-0.39, 0.29) is 11.9 Å². The molecule has 1 aliphatic carbocycles. The van der Waals surface area contributed by atoms with Crippen molar-refractivity contribution in [1.29, 1.82) is 0 Å². The second kappa shape index (κ2) is 6.99. The highest BCUT2D eigenvalue weighted by molar-refractivity contribution is 5.92. The lowest BCUT2D eigenvalue weighted by molar-refractivity contribution is 0.0609. The number of nitrogens with zero attached hydrogens (tertiary/aromatic N) is 4. The number of hydrogen-bond donors (Lipinski definition) is 1. The Hall–Kier alpha value is -1.43. The molecule has 1 N–H and O–H groups in total. The summed E-state index contributed by atoms with van der Waals surface area (Å²) in [5, 5.41) is 11.8. The van der Waals surface area contributed by atoms with Crippen molar-refractivity contribution in [2.75, 3.05) is 13.1 Å². The van der Waals surface area contributed by atoms with Gasteiger partial charge in [-0.15, -0.1) is 5.10 Å². The van der Waals surface area contributed by atoms with Crippen LogP contribution in [0.1, 0.15) is 69.4 Å². The van der Waals surface area contributed by atoms with Crippen LogP contribution in [-0.2, 0) is 0 Å². The number of hydrogen-bond acceptors (Lipinski definition) is 4. The van der Waals surface area contributed by atoms with Crippen LogP contribution >= 0.6 is 0 Å². The first-order chi connectivity index (χ1) is 11.1. The predicted octanol–water partition coefficient (Wildman–Crippen LogP) is 2.24. The van der Waals surface area contributed by atoms with Crippen molar-refractivity contribution in [3.05, 3.63) is 11.9 Å². The average molecular weight is 319 g/mol. The Morgan fingerprint density at radius 1 is 1.35 bits per heavy atom. The molecule has 0 bridgehead atoms. The number of carbonyl (C=O) groups excluding carboxylic acids is 1. The van der Waals surface area contributed by atoms with Crippen LogP contribution in [0.3, 0.4) is 0 Å². The number of aromatic nitrogens is 3. The second-order valence-corrected chi connectivity index (χ2v) is 7.13. The zero-order valence-electron chi connectivity index (χ0n) is 14.5. The molecule has 2 fully saturated rings. The molecule has 23 heavy (non-hydrogen) atoms. The molecule has 2 atom stereocenters. The third-order valence-electron chi connectivity index (χ3n) is 5.49. The van der Waals surface area contributed by atoms with Gasteiger partial charge in [0.25, 0.3) is 5.91 Å². The topological polar surface area (TPSA) is 63.1 Å². The highest BCUT2D eigenvalue weighted by Crippen LogP contribution is 2.32. The number of amides is 1. The van der Waals surface area contributed by atoms with E-state index in [9.17, 15) is 4.79 Å². The van der Waals surface area contributed by atoms with Gasteiger partial charge in [-0.2, -0.15) is 0 Å². The van der Waals surface area contributed by atoms with Crippen LogP contribution in [0, 0.1) is 5.92 Å². The zero-order chi connectivity index (χ0) is 16.4. The van der Waals surface area contributed by atoms with Crippen LogP contribution in [0.15, 0.2) is 6.20 Å². The van der Waals surface area contributed by atoms with E-state index in [1.54, 1.807) is 0 Å². The Morgan fingerprint density at radius 2 is 2.04 bits per heavy atom. The zero-order valence-corrected chi connectivity index (χ0v) is 14.5. The molecule has 6 heteroatoms. The van der Waals surface area contributed by atoms with E-state index in [1.165, 1.54) is 0 Å². The van der Waals surface area contributed by atoms with Crippen LogP contribution in [0.4, 0.5) is 0 Å². The van der Waals surface area contributed by atoms with Gasteiger partial charge in [-0.1, -0.05) is 25.5 Å². The average Bonchev–Trinajstić information content (AvgIpc) is 3.29. The summed E-state index contributed by atoms with van der Waals surface area (Å²) in [5.41, 5.74) is 0.505. The lowest BCUT2D eigenvalue weighted by Gasteiger charge is -2.32. The van der Waals surface area contributed by atoms with Gasteiger partial charge < -0.3 is 10.2 Å². The minimum absolute atomic E-state index is 0.0560. The Balaban J connectivity index is 1.74. The van der Waals surface area contributed by atoms with Crippen molar-refractivity contribution in [3.63, 3.8) is 0 Å². The van der Waals surface area contributed by atoms with Gasteiger partial charge in [-0.3, -0.25) is 4.79 Å². The van der Waals surface area contributed by atoms with Crippen LogP contribution in [0.25, 0.3) is 0 Å². The lowest BCUT2D eigenvalue weighted by Crippen LogP contribution is -2.43. The molecule has 2 heterocycles. The molecule has 3 rings (SSSR count). The first-order valence-corrected chi connectivity index (χ1v) is 9.07. The molecule has 6 nitrogen and oxygen atoms in total. The molecule has 1 saturated heterocycles. The number of carbonyl (C=O) groups is 1. The summed E-state index contributed by atoms with van der Waals surface area (Å²) in [6.07, 6.45) is 7.28. The molecule has 0 radical (unpaired) electrons. The van der Waals surface area contributed by atoms with Gasteiger partial charge in [0, 0.05) is 12.1 Å². The molecule has 2 unspecified atom stereocenters. The highest BCUT2D eigenvalue weighted by Gasteiger charge is 2.38. The summed E-state index contributed by atoms with van der Waals surface area (Å²) in [6, 6.07) is 1.02. The summed E-state index contributed by atoms with van der Waals surface area (Å²) < 4.78 is 1.90. The number of piperidine rings is 1. The van der Waals surface area contributed by atoms with E-state index in [4.69, 9.17) is 0 Å². The minimum Gasteiger partial charge on any atom is -0.331 e. The predicted molar refractivity (Wildman–Crippen MR) is 89.3 cm³/mol. The van der Waals surface area contributed by atoms with Crippen LogP contribution in [0.2, 0.25) is 0 Å². The second-order valence-electron chi connectivity index (χ2n) is 7.13. The SMILES string of the molecule is CCC(C)C(C)N(C(=O)c1cn(C2CCNCC2)nn1)C1CC1. The highest BCUT2D eigenvalue weighted by atomic mass is 16.2. The minimum atomic E-state index is 0.0560. The summed E-state index contributed by atoms with van der Waals surface area (Å²) in [4.78, 5) is 15.0. The Bertz CT molecular complexity index is 533. The van der Waals surface area contributed by atoms with Gasteiger partial charge in [0.15, 0.2) is 5.69 Å². The van der Waals surface area contributed by atoms with Gasteiger partial charge in [-0.05, 0) is 51.6 Å².